The molecule has 0 aliphatic rings. The highest BCUT2D eigenvalue weighted by Crippen LogP contribution is 2.61. The number of hydrogen-bond acceptors (Lipinski definition) is 1. The lowest BCUT2D eigenvalue weighted by atomic mass is 9.81. The number of alkyl halides is 13. The van der Waals surface area contributed by atoms with Gasteiger partial charge in [0.1, 0.15) is 0 Å². The van der Waals surface area contributed by atoms with Crippen LogP contribution in [0.2, 0.25) is 0 Å². The van der Waals surface area contributed by atoms with Crippen LogP contribution in [0.15, 0.2) is 0 Å². The average molecular weight is 336 g/mol. The summed E-state index contributed by atoms with van der Waals surface area (Å²) in [7, 11) is 0. The van der Waals surface area contributed by atoms with Crippen molar-refractivity contribution in [3.8, 4) is 0 Å². The molecule has 0 rings (SSSR count). The molecular weight excluding hydrogens is 335 g/mol. The van der Waals surface area contributed by atoms with Crippen molar-refractivity contribution in [3.63, 3.8) is 0 Å². The van der Waals surface area contributed by atoms with Crippen molar-refractivity contribution in [2.45, 2.75) is 36.0 Å². The summed E-state index contributed by atoms with van der Waals surface area (Å²) in [4.78, 5) is 0. The van der Waals surface area contributed by atoms with Crippen molar-refractivity contribution < 1.29 is 62.2 Å². The second kappa shape index (κ2) is 4.27. The number of rotatable bonds is 1. The lowest BCUT2D eigenvalue weighted by Crippen LogP contribution is -2.78. The smallest absolute Gasteiger partial charge is 0.371 e. The van der Waals surface area contributed by atoms with Gasteiger partial charge in [0.25, 0.3) is 0 Å². The Hall–Kier alpha value is -0.950. The minimum atomic E-state index is -8.00. The van der Waals surface area contributed by atoms with Gasteiger partial charge in [-0.3, -0.25) is 0 Å². The number of hydrogen-bond donors (Lipinski definition) is 1. The topological polar surface area (TPSA) is 20.2 Å². The van der Waals surface area contributed by atoms with Crippen molar-refractivity contribution in [1.82, 2.24) is 0 Å². The highest BCUT2D eigenvalue weighted by Gasteiger charge is 2.95. The SMILES string of the molecule is OC(C(F)(F)F)(C(F)(F)F)C(F)(C(F)(F)F)C(F)(F)F. The summed E-state index contributed by atoms with van der Waals surface area (Å²) in [5.41, 5.74) is -15.7. The second-order valence-corrected chi connectivity index (χ2v) is 3.36. The van der Waals surface area contributed by atoms with Gasteiger partial charge in [-0.1, -0.05) is 0 Å². The molecule has 0 bridgehead atoms. The van der Waals surface area contributed by atoms with Gasteiger partial charge in [0.05, 0.1) is 0 Å². The molecule has 0 atom stereocenters. The normalized spacial score (nSPS) is 16.5. The summed E-state index contributed by atoms with van der Waals surface area (Å²) in [5.74, 6) is 0. The van der Waals surface area contributed by atoms with E-state index in [4.69, 9.17) is 5.11 Å². The molecule has 0 aromatic rings. The molecule has 0 saturated heterocycles. The summed E-state index contributed by atoms with van der Waals surface area (Å²) in [6, 6.07) is 0. The summed E-state index contributed by atoms with van der Waals surface area (Å²) < 4.78 is 156. The van der Waals surface area contributed by atoms with Gasteiger partial charge in [-0.25, -0.2) is 4.39 Å². The van der Waals surface area contributed by atoms with Crippen LogP contribution in [0.4, 0.5) is 57.1 Å². The van der Waals surface area contributed by atoms with E-state index in [1.165, 1.54) is 0 Å². The number of halogens is 13. The Morgan fingerprint density at radius 1 is 0.400 bits per heavy atom. The first-order chi connectivity index (χ1) is 8.25. The van der Waals surface area contributed by atoms with Gasteiger partial charge in [-0.05, 0) is 0 Å². The molecule has 1 N–H and O–H groups in total. The van der Waals surface area contributed by atoms with Crippen LogP contribution in [-0.2, 0) is 0 Å². The zero-order valence-corrected chi connectivity index (χ0v) is 8.36. The minimum Gasteiger partial charge on any atom is -0.371 e. The fourth-order valence-corrected chi connectivity index (χ4v) is 1.12. The van der Waals surface area contributed by atoms with Crippen molar-refractivity contribution in [2.24, 2.45) is 0 Å². The van der Waals surface area contributed by atoms with Crippen LogP contribution in [0.3, 0.4) is 0 Å². The summed E-state index contributed by atoms with van der Waals surface area (Å²) >= 11 is 0. The first-order valence-electron chi connectivity index (χ1n) is 3.93. The molecule has 0 unspecified atom stereocenters. The summed E-state index contributed by atoms with van der Waals surface area (Å²) in [6.45, 7) is 0. The Labute approximate surface area is 99.5 Å². The van der Waals surface area contributed by atoms with Gasteiger partial charge in [-0.15, -0.1) is 0 Å². The van der Waals surface area contributed by atoms with Gasteiger partial charge in [0.15, 0.2) is 0 Å². The lowest BCUT2D eigenvalue weighted by molar-refractivity contribution is -0.479. The van der Waals surface area contributed by atoms with Gasteiger partial charge in [0.2, 0.25) is 0 Å². The monoisotopic (exact) mass is 336 g/mol. The maximum absolute atomic E-state index is 12.9. The van der Waals surface area contributed by atoms with E-state index >= 15 is 0 Å². The zero-order valence-electron chi connectivity index (χ0n) is 8.36. The first kappa shape index (κ1) is 19.1. The summed E-state index contributed by atoms with van der Waals surface area (Å²) in [6.07, 6.45) is -30.8. The molecule has 0 aliphatic heterocycles. The Kier molecular flexibility index (Phi) is 4.07. The van der Waals surface area contributed by atoms with Crippen LogP contribution in [0, 0.1) is 0 Å². The van der Waals surface area contributed by atoms with Crippen LogP contribution in [0.1, 0.15) is 0 Å². The number of aliphatic hydroxyl groups is 1. The van der Waals surface area contributed by atoms with E-state index < -0.39 is 36.0 Å². The van der Waals surface area contributed by atoms with Crippen LogP contribution in [-0.4, -0.2) is 41.1 Å². The third kappa shape index (κ3) is 2.26. The Bertz CT molecular complexity index is 289. The molecule has 0 spiro atoms. The predicted molar refractivity (Wildman–Crippen MR) is 33.0 cm³/mol. The third-order valence-corrected chi connectivity index (χ3v) is 2.10. The zero-order chi connectivity index (χ0) is 17.0. The molecule has 14 heteroatoms. The predicted octanol–water partition coefficient (Wildman–Crippen LogP) is 3.67. The molecule has 122 valence electrons. The highest BCUT2D eigenvalue weighted by molar-refractivity contribution is 5.16. The summed E-state index contributed by atoms with van der Waals surface area (Å²) in [5, 5.41) is 8.01. The van der Waals surface area contributed by atoms with E-state index in [0.717, 1.165) is 0 Å². The van der Waals surface area contributed by atoms with Crippen LogP contribution in [0.25, 0.3) is 0 Å². The molecule has 0 amide bonds. The van der Waals surface area contributed by atoms with E-state index in [9.17, 15) is 57.1 Å². The Balaban J connectivity index is 6.71. The largest absolute Gasteiger partial charge is 0.435 e. The van der Waals surface area contributed by atoms with Gasteiger partial charge < -0.3 is 5.11 Å². The van der Waals surface area contributed by atoms with Gasteiger partial charge in [0, 0.05) is 0 Å². The highest BCUT2D eigenvalue weighted by atomic mass is 19.4. The van der Waals surface area contributed by atoms with Gasteiger partial charge in [-0.2, -0.15) is 52.7 Å². The molecular formula is C6HF13O. The molecule has 0 radical (unpaired) electrons. The fraction of sp³-hybridized carbons (Fsp3) is 1.00. The van der Waals surface area contributed by atoms with E-state index in [1.807, 2.05) is 0 Å². The molecule has 0 saturated carbocycles. The third-order valence-electron chi connectivity index (χ3n) is 2.10. The van der Waals surface area contributed by atoms with Crippen LogP contribution in [0.5, 0.6) is 0 Å². The molecule has 0 heterocycles. The van der Waals surface area contributed by atoms with E-state index in [1.54, 1.807) is 0 Å². The van der Waals surface area contributed by atoms with Gasteiger partial charge >= 0.3 is 36.0 Å². The quantitative estimate of drug-likeness (QED) is 0.725. The fourth-order valence-electron chi connectivity index (χ4n) is 1.12. The van der Waals surface area contributed by atoms with Crippen LogP contribution < -0.4 is 0 Å². The Morgan fingerprint density at radius 3 is 0.650 bits per heavy atom. The molecule has 0 aromatic heterocycles. The molecule has 0 aliphatic carbocycles. The Morgan fingerprint density at radius 2 is 0.600 bits per heavy atom. The van der Waals surface area contributed by atoms with E-state index in [2.05, 4.69) is 0 Å². The maximum atomic E-state index is 12.9. The maximum Gasteiger partial charge on any atom is 0.435 e. The van der Waals surface area contributed by atoms with Crippen molar-refractivity contribution in [2.75, 3.05) is 0 Å². The van der Waals surface area contributed by atoms with E-state index in [-0.39, 0.29) is 0 Å². The second-order valence-electron chi connectivity index (χ2n) is 3.36. The minimum absolute atomic E-state index is 7.65. The van der Waals surface area contributed by atoms with Crippen molar-refractivity contribution in [1.29, 1.82) is 0 Å². The van der Waals surface area contributed by atoms with Crippen molar-refractivity contribution in [3.05, 3.63) is 0 Å². The van der Waals surface area contributed by atoms with Crippen LogP contribution >= 0.6 is 0 Å². The molecule has 0 fully saturated rings. The molecule has 1 nitrogen and oxygen atoms in total. The van der Waals surface area contributed by atoms with Crippen molar-refractivity contribution >= 4 is 0 Å². The average Bonchev–Trinajstić information content (AvgIpc) is 2.07. The first-order valence-corrected chi connectivity index (χ1v) is 3.93. The molecule has 20 heavy (non-hydrogen) atoms. The molecule has 0 aromatic carbocycles. The standard InChI is InChI=1S/C6HF13O/c7-1(3(8,9)10,4(11,12)13)2(20,5(14,15)16)6(17,18)19/h20H. The van der Waals surface area contributed by atoms with E-state index in [0.29, 0.717) is 0 Å². The lowest BCUT2D eigenvalue weighted by Gasteiger charge is -2.43.